The molecule has 3 fully saturated rings. The fraction of sp³-hybridized carbons (Fsp3) is 0.500. The SMILES string of the molecule is C=CCOc1c(OC)cc(I)cc1C(=O)N[C@@H]1CN2CCC1CC2. The van der Waals surface area contributed by atoms with Gasteiger partial charge in [-0.2, -0.15) is 0 Å². The normalized spacial score (nSPS) is 25.2. The van der Waals surface area contributed by atoms with Crippen molar-refractivity contribution in [1.29, 1.82) is 0 Å². The molecule has 1 aromatic carbocycles. The monoisotopic (exact) mass is 442 g/mol. The van der Waals surface area contributed by atoms with Crippen LogP contribution in [0.1, 0.15) is 23.2 Å². The number of hydrogen-bond donors (Lipinski definition) is 1. The first-order valence-corrected chi connectivity index (χ1v) is 9.34. The van der Waals surface area contributed by atoms with E-state index in [4.69, 9.17) is 9.47 Å². The molecule has 1 atom stereocenters. The Morgan fingerprint density at radius 3 is 2.79 bits per heavy atom. The summed E-state index contributed by atoms with van der Waals surface area (Å²) < 4.78 is 12.1. The summed E-state index contributed by atoms with van der Waals surface area (Å²) >= 11 is 2.19. The summed E-state index contributed by atoms with van der Waals surface area (Å²) in [5.41, 5.74) is 0.525. The van der Waals surface area contributed by atoms with E-state index in [1.54, 1.807) is 13.2 Å². The highest BCUT2D eigenvalue weighted by Crippen LogP contribution is 2.34. The predicted molar refractivity (Wildman–Crippen MR) is 102 cm³/mol. The molecule has 0 aliphatic carbocycles. The predicted octanol–water partition coefficient (Wildman–Crippen LogP) is 2.69. The molecule has 24 heavy (non-hydrogen) atoms. The van der Waals surface area contributed by atoms with Crippen LogP contribution >= 0.6 is 22.6 Å². The van der Waals surface area contributed by atoms with E-state index in [0.717, 1.165) is 23.2 Å². The highest BCUT2D eigenvalue weighted by Gasteiger charge is 2.35. The zero-order chi connectivity index (χ0) is 17.1. The van der Waals surface area contributed by atoms with Gasteiger partial charge in [0.1, 0.15) is 6.61 Å². The van der Waals surface area contributed by atoms with Crippen molar-refractivity contribution >= 4 is 28.5 Å². The first-order valence-electron chi connectivity index (χ1n) is 8.26. The van der Waals surface area contributed by atoms with Crippen molar-refractivity contribution in [3.05, 3.63) is 33.9 Å². The van der Waals surface area contributed by atoms with Gasteiger partial charge in [-0.25, -0.2) is 0 Å². The van der Waals surface area contributed by atoms with Gasteiger partial charge in [0.25, 0.3) is 5.91 Å². The van der Waals surface area contributed by atoms with E-state index >= 15 is 0 Å². The van der Waals surface area contributed by atoms with E-state index in [-0.39, 0.29) is 11.9 Å². The lowest BCUT2D eigenvalue weighted by Crippen LogP contribution is -2.57. The summed E-state index contributed by atoms with van der Waals surface area (Å²) in [5.74, 6) is 1.55. The van der Waals surface area contributed by atoms with Crippen molar-refractivity contribution in [2.24, 2.45) is 5.92 Å². The van der Waals surface area contributed by atoms with Gasteiger partial charge in [0.15, 0.2) is 11.5 Å². The molecule has 3 aliphatic rings. The van der Waals surface area contributed by atoms with Crippen LogP contribution in [0.3, 0.4) is 0 Å². The number of hydrogen-bond acceptors (Lipinski definition) is 4. The van der Waals surface area contributed by atoms with Crippen LogP contribution in [0.5, 0.6) is 11.5 Å². The number of carbonyl (C=O) groups excluding carboxylic acids is 1. The van der Waals surface area contributed by atoms with Crippen molar-refractivity contribution < 1.29 is 14.3 Å². The van der Waals surface area contributed by atoms with Crippen molar-refractivity contribution in [2.45, 2.75) is 18.9 Å². The summed E-state index contributed by atoms with van der Waals surface area (Å²) in [6.07, 6.45) is 3.99. The molecule has 4 rings (SSSR count). The van der Waals surface area contributed by atoms with Crippen LogP contribution in [-0.4, -0.2) is 50.2 Å². The lowest BCUT2D eigenvalue weighted by Gasteiger charge is -2.44. The van der Waals surface area contributed by atoms with Gasteiger partial charge < -0.3 is 19.7 Å². The van der Waals surface area contributed by atoms with Gasteiger partial charge >= 0.3 is 0 Å². The number of methoxy groups -OCH3 is 1. The first-order chi connectivity index (χ1) is 11.6. The Balaban J connectivity index is 1.82. The fourth-order valence-electron chi connectivity index (χ4n) is 3.55. The highest BCUT2D eigenvalue weighted by atomic mass is 127. The minimum Gasteiger partial charge on any atom is -0.493 e. The average Bonchev–Trinajstić information content (AvgIpc) is 2.60. The lowest BCUT2D eigenvalue weighted by molar-refractivity contribution is 0.0618. The molecule has 3 aliphatic heterocycles. The van der Waals surface area contributed by atoms with E-state index in [0.29, 0.717) is 29.6 Å². The number of ether oxygens (including phenoxy) is 2. The average molecular weight is 442 g/mol. The molecule has 130 valence electrons. The van der Waals surface area contributed by atoms with Gasteiger partial charge in [-0.15, -0.1) is 0 Å². The number of benzene rings is 1. The summed E-state index contributed by atoms with van der Waals surface area (Å²) in [6.45, 7) is 7.25. The van der Waals surface area contributed by atoms with Crippen LogP contribution in [0.25, 0.3) is 0 Å². The largest absolute Gasteiger partial charge is 0.493 e. The third kappa shape index (κ3) is 3.69. The number of nitrogens with one attached hydrogen (secondary N) is 1. The topological polar surface area (TPSA) is 50.8 Å². The second kappa shape index (κ2) is 7.74. The van der Waals surface area contributed by atoms with Crippen molar-refractivity contribution in [3.63, 3.8) is 0 Å². The van der Waals surface area contributed by atoms with Crippen LogP contribution in [0.15, 0.2) is 24.8 Å². The molecular formula is C18H23IN2O3. The molecule has 3 saturated heterocycles. The maximum atomic E-state index is 12.9. The zero-order valence-electron chi connectivity index (χ0n) is 13.9. The van der Waals surface area contributed by atoms with E-state index in [1.807, 2.05) is 12.1 Å². The van der Waals surface area contributed by atoms with Gasteiger partial charge in [-0.3, -0.25) is 4.79 Å². The second-order valence-electron chi connectivity index (χ2n) is 6.30. The number of rotatable bonds is 6. The summed E-state index contributed by atoms with van der Waals surface area (Å²) in [4.78, 5) is 15.3. The molecule has 1 N–H and O–H groups in total. The van der Waals surface area contributed by atoms with Crippen molar-refractivity contribution in [2.75, 3.05) is 33.4 Å². The Morgan fingerprint density at radius 1 is 1.46 bits per heavy atom. The van der Waals surface area contributed by atoms with Crippen molar-refractivity contribution in [1.82, 2.24) is 10.2 Å². The number of piperidine rings is 3. The van der Waals surface area contributed by atoms with Gasteiger partial charge in [0.2, 0.25) is 0 Å². The minimum atomic E-state index is -0.0929. The lowest BCUT2D eigenvalue weighted by atomic mass is 9.84. The maximum Gasteiger partial charge on any atom is 0.255 e. The molecule has 0 unspecified atom stereocenters. The molecule has 3 heterocycles. The summed E-state index contributed by atoms with van der Waals surface area (Å²) in [5, 5.41) is 3.22. The fourth-order valence-corrected chi connectivity index (χ4v) is 4.15. The van der Waals surface area contributed by atoms with Gasteiger partial charge in [-0.1, -0.05) is 12.7 Å². The Labute approximate surface area is 156 Å². The Hall–Kier alpha value is -1.28. The molecule has 0 saturated carbocycles. The minimum absolute atomic E-state index is 0.0929. The number of carbonyl (C=O) groups is 1. The van der Waals surface area contributed by atoms with E-state index < -0.39 is 0 Å². The Morgan fingerprint density at radius 2 is 2.21 bits per heavy atom. The van der Waals surface area contributed by atoms with Crippen molar-refractivity contribution in [3.8, 4) is 11.5 Å². The molecule has 2 bridgehead atoms. The second-order valence-corrected chi connectivity index (χ2v) is 7.55. The molecule has 6 heteroatoms. The first kappa shape index (κ1) is 17.5. The van der Waals surface area contributed by atoms with Crippen LogP contribution in [0, 0.1) is 9.49 Å². The van der Waals surface area contributed by atoms with E-state index in [2.05, 4.69) is 39.4 Å². The number of fused-ring (bicyclic) bond motifs is 3. The van der Waals surface area contributed by atoms with Crippen LogP contribution in [-0.2, 0) is 0 Å². The van der Waals surface area contributed by atoms with Gasteiger partial charge in [0.05, 0.1) is 12.7 Å². The standard InChI is InChI=1S/C18H23IN2O3/c1-3-8-24-17-14(9-13(19)10-16(17)23-2)18(22)20-15-11-21-6-4-12(15)5-7-21/h3,9-10,12,15H,1,4-8,11H2,2H3,(H,20,22)/t15-/m1/s1. The number of amides is 1. The molecule has 1 aromatic rings. The Bertz CT molecular complexity index is 627. The van der Waals surface area contributed by atoms with Gasteiger partial charge in [-0.05, 0) is 66.6 Å². The Kier molecular flexibility index (Phi) is 5.65. The smallest absolute Gasteiger partial charge is 0.255 e. The number of nitrogens with zero attached hydrogens (tertiary/aromatic N) is 1. The molecule has 0 radical (unpaired) electrons. The molecule has 1 amide bonds. The third-order valence-corrected chi connectivity index (χ3v) is 5.43. The van der Waals surface area contributed by atoms with Crippen LogP contribution in [0.2, 0.25) is 0 Å². The zero-order valence-corrected chi connectivity index (χ0v) is 16.0. The van der Waals surface area contributed by atoms with Gasteiger partial charge in [0, 0.05) is 16.2 Å². The number of halogens is 1. The van der Waals surface area contributed by atoms with E-state index in [9.17, 15) is 4.79 Å². The van der Waals surface area contributed by atoms with Crippen LogP contribution < -0.4 is 14.8 Å². The van der Waals surface area contributed by atoms with E-state index in [1.165, 1.54) is 12.8 Å². The quantitative estimate of drug-likeness (QED) is 0.544. The molecule has 5 nitrogen and oxygen atoms in total. The summed E-state index contributed by atoms with van der Waals surface area (Å²) in [6, 6.07) is 3.93. The highest BCUT2D eigenvalue weighted by molar-refractivity contribution is 14.1. The molecule has 0 aromatic heterocycles. The van der Waals surface area contributed by atoms with Crippen LogP contribution in [0.4, 0.5) is 0 Å². The third-order valence-electron chi connectivity index (χ3n) is 4.80. The summed E-state index contributed by atoms with van der Waals surface area (Å²) in [7, 11) is 1.58. The molecule has 0 spiro atoms. The maximum absolute atomic E-state index is 12.9. The molecular weight excluding hydrogens is 419 g/mol.